The molecule has 0 unspecified atom stereocenters. The zero-order valence-electron chi connectivity index (χ0n) is 14.1. The van der Waals surface area contributed by atoms with Gasteiger partial charge in [-0.1, -0.05) is 27.7 Å². The van der Waals surface area contributed by atoms with E-state index in [4.69, 9.17) is 4.74 Å². The first-order valence-corrected chi connectivity index (χ1v) is 7.92. The van der Waals surface area contributed by atoms with E-state index in [-0.39, 0.29) is 0 Å². The van der Waals surface area contributed by atoms with Gasteiger partial charge in [0, 0.05) is 50.2 Å². The molecule has 120 valence electrons. The van der Waals surface area contributed by atoms with Crippen LogP contribution in [-0.4, -0.2) is 42.3 Å². The molecule has 5 heteroatoms. The van der Waals surface area contributed by atoms with Crippen molar-refractivity contribution in [3.05, 3.63) is 18.0 Å². The maximum absolute atomic E-state index is 5.21. The zero-order chi connectivity index (χ0) is 15.7. The highest BCUT2D eigenvalue weighted by Crippen LogP contribution is 2.15. The van der Waals surface area contributed by atoms with E-state index in [9.17, 15) is 0 Å². The summed E-state index contributed by atoms with van der Waals surface area (Å²) in [4.78, 5) is 11.3. The highest BCUT2D eigenvalue weighted by atomic mass is 16.5. The molecule has 0 aliphatic carbocycles. The van der Waals surface area contributed by atoms with E-state index in [2.05, 4.69) is 47.9 Å². The molecule has 0 bridgehead atoms. The van der Waals surface area contributed by atoms with Gasteiger partial charge in [0.05, 0.1) is 6.61 Å². The lowest BCUT2D eigenvalue weighted by atomic mass is 10.1. The Morgan fingerprint density at radius 1 is 1.19 bits per heavy atom. The first-order valence-electron chi connectivity index (χ1n) is 7.92. The number of anilines is 1. The molecule has 5 nitrogen and oxygen atoms in total. The Bertz CT molecular complexity index is 376. The van der Waals surface area contributed by atoms with Crippen LogP contribution in [0, 0.1) is 0 Å². The van der Waals surface area contributed by atoms with Crippen LogP contribution in [0.25, 0.3) is 0 Å². The number of nitrogens with zero attached hydrogens (tertiary/aromatic N) is 3. The number of nitrogens with one attached hydrogen (secondary N) is 1. The molecule has 0 aliphatic heterocycles. The van der Waals surface area contributed by atoms with Crippen molar-refractivity contribution in [2.75, 3.05) is 25.2 Å². The lowest BCUT2D eigenvalue weighted by Gasteiger charge is -2.30. The van der Waals surface area contributed by atoms with Crippen molar-refractivity contribution in [1.82, 2.24) is 15.3 Å². The summed E-state index contributed by atoms with van der Waals surface area (Å²) in [5.74, 6) is 0.800. The second-order valence-corrected chi connectivity index (χ2v) is 5.58. The maximum atomic E-state index is 5.21. The van der Waals surface area contributed by atoms with E-state index >= 15 is 0 Å². The molecule has 0 aromatic carbocycles. The number of ether oxygens (including phenoxy) is 1. The average molecular weight is 294 g/mol. The van der Waals surface area contributed by atoms with E-state index < -0.39 is 0 Å². The molecule has 0 radical (unpaired) electrons. The van der Waals surface area contributed by atoms with E-state index in [0.29, 0.717) is 18.7 Å². The Kier molecular flexibility index (Phi) is 8.23. The predicted octanol–water partition coefficient (Wildman–Crippen LogP) is 2.62. The van der Waals surface area contributed by atoms with Crippen molar-refractivity contribution >= 4 is 5.95 Å². The van der Waals surface area contributed by atoms with Crippen LogP contribution in [0.3, 0.4) is 0 Å². The van der Waals surface area contributed by atoms with Crippen LogP contribution in [0.2, 0.25) is 0 Å². The van der Waals surface area contributed by atoms with Crippen LogP contribution in [0.5, 0.6) is 0 Å². The van der Waals surface area contributed by atoms with Crippen molar-refractivity contribution in [3.63, 3.8) is 0 Å². The standard InChI is InChI=1S/C16H30N4O/c1-6-15(7-2)20(8-9-21-5)16-18-11-14(12-19-16)10-17-13(3)4/h11-13,15,17H,6-10H2,1-5H3. The molecule has 1 aromatic heterocycles. The monoisotopic (exact) mass is 294 g/mol. The van der Waals surface area contributed by atoms with Crippen LogP contribution in [0.15, 0.2) is 12.4 Å². The molecule has 0 atom stereocenters. The first-order chi connectivity index (χ1) is 10.1. The Balaban J connectivity index is 2.77. The summed E-state index contributed by atoms with van der Waals surface area (Å²) in [6.07, 6.45) is 6.00. The van der Waals surface area contributed by atoms with Crippen LogP contribution < -0.4 is 10.2 Å². The quantitative estimate of drug-likeness (QED) is 0.719. The van der Waals surface area contributed by atoms with Crippen LogP contribution in [0.4, 0.5) is 5.95 Å². The summed E-state index contributed by atoms with van der Waals surface area (Å²) in [5.41, 5.74) is 1.11. The highest BCUT2D eigenvalue weighted by molar-refractivity contribution is 5.31. The molecule has 1 rings (SSSR count). The summed E-state index contributed by atoms with van der Waals surface area (Å²) in [7, 11) is 1.73. The smallest absolute Gasteiger partial charge is 0.225 e. The number of aromatic nitrogens is 2. The molecule has 21 heavy (non-hydrogen) atoms. The number of hydrogen-bond donors (Lipinski definition) is 1. The number of hydrogen-bond acceptors (Lipinski definition) is 5. The van der Waals surface area contributed by atoms with E-state index in [0.717, 1.165) is 37.4 Å². The van der Waals surface area contributed by atoms with Crippen molar-refractivity contribution in [2.24, 2.45) is 0 Å². The Labute approximate surface area is 129 Å². The molecule has 0 spiro atoms. The lowest BCUT2D eigenvalue weighted by Crippen LogP contribution is -2.38. The van der Waals surface area contributed by atoms with Gasteiger partial charge in [0.15, 0.2) is 0 Å². The molecule has 1 heterocycles. The van der Waals surface area contributed by atoms with Gasteiger partial charge in [0.2, 0.25) is 5.95 Å². The average Bonchev–Trinajstić information content (AvgIpc) is 2.50. The van der Waals surface area contributed by atoms with Gasteiger partial charge >= 0.3 is 0 Å². The van der Waals surface area contributed by atoms with Gasteiger partial charge in [0.1, 0.15) is 0 Å². The summed E-state index contributed by atoms with van der Waals surface area (Å²) in [6, 6.07) is 0.923. The molecule has 1 N–H and O–H groups in total. The van der Waals surface area contributed by atoms with Crippen molar-refractivity contribution in [2.45, 2.75) is 59.2 Å². The number of rotatable bonds is 10. The van der Waals surface area contributed by atoms with Crippen LogP contribution in [-0.2, 0) is 11.3 Å². The maximum Gasteiger partial charge on any atom is 0.225 e. The van der Waals surface area contributed by atoms with Crippen molar-refractivity contribution < 1.29 is 4.74 Å². The first kappa shape index (κ1) is 17.9. The fourth-order valence-corrected chi connectivity index (χ4v) is 2.27. The molecule has 0 saturated heterocycles. The highest BCUT2D eigenvalue weighted by Gasteiger charge is 2.17. The topological polar surface area (TPSA) is 50.3 Å². The third-order valence-electron chi connectivity index (χ3n) is 3.58. The van der Waals surface area contributed by atoms with E-state index in [1.807, 2.05) is 12.4 Å². The second-order valence-electron chi connectivity index (χ2n) is 5.58. The molecule has 0 aliphatic rings. The van der Waals surface area contributed by atoms with E-state index in [1.165, 1.54) is 0 Å². The van der Waals surface area contributed by atoms with Gasteiger partial charge in [-0.15, -0.1) is 0 Å². The second kappa shape index (κ2) is 9.68. The van der Waals surface area contributed by atoms with Crippen molar-refractivity contribution in [3.8, 4) is 0 Å². The molecule has 0 fully saturated rings. The molecule has 1 aromatic rings. The SMILES string of the molecule is CCC(CC)N(CCOC)c1ncc(CNC(C)C)cn1. The number of methoxy groups -OCH3 is 1. The predicted molar refractivity (Wildman–Crippen MR) is 87.6 cm³/mol. The summed E-state index contributed by atoms with van der Waals surface area (Å²) in [5, 5.41) is 3.38. The molecule has 0 amide bonds. The fraction of sp³-hybridized carbons (Fsp3) is 0.750. The minimum atomic E-state index is 0.458. The third-order valence-corrected chi connectivity index (χ3v) is 3.58. The largest absolute Gasteiger partial charge is 0.383 e. The minimum absolute atomic E-state index is 0.458. The van der Waals surface area contributed by atoms with Crippen LogP contribution in [0.1, 0.15) is 46.1 Å². The molecule has 0 saturated carbocycles. The molecular formula is C16H30N4O. The summed E-state index contributed by atoms with van der Waals surface area (Å²) < 4.78 is 5.21. The Hall–Kier alpha value is -1.20. The molecular weight excluding hydrogens is 264 g/mol. The van der Waals surface area contributed by atoms with Gasteiger partial charge in [-0.2, -0.15) is 0 Å². The summed E-state index contributed by atoms with van der Waals surface area (Å²) in [6.45, 7) is 11.0. The van der Waals surface area contributed by atoms with Gasteiger partial charge < -0.3 is 15.0 Å². The lowest BCUT2D eigenvalue weighted by molar-refractivity contribution is 0.202. The van der Waals surface area contributed by atoms with Gasteiger partial charge in [0.25, 0.3) is 0 Å². The third kappa shape index (κ3) is 5.98. The summed E-state index contributed by atoms with van der Waals surface area (Å²) >= 11 is 0. The Morgan fingerprint density at radius 3 is 2.29 bits per heavy atom. The van der Waals surface area contributed by atoms with Crippen LogP contribution >= 0.6 is 0 Å². The van der Waals surface area contributed by atoms with Gasteiger partial charge in [-0.05, 0) is 12.8 Å². The Morgan fingerprint density at radius 2 is 1.81 bits per heavy atom. The van der Waals surface area contributed by atoms with E-state index in [1.54, 1.807) is 7.11 Å². The zero-order valence-corrected chi connectivity index (χ0v) is 14.1. The van der Waals surface area contributed by atoms with Gasteiger partial charge in [-0.3, -0.25) is 0 Å². The van der Waals surface area contributed by atoms with Gasteiger partial charge in [-0.25, -0.2) is 9.97 Å². The van der Waals surface area contributed by atoms with Crippen molar-refractivity contribution in [1.29, 1.82) is 0 Å². The normalized spacial score (nSPS) is 11.4. The minimum Gasteiger partial charge on any atom is -0.383 e. The fourth-order valence-electron chi connectivity index (χ4n) is 2.27.